The van der Waals surface area contributed by atoms with Gasteiger partial charge in [-0.15, -0.1) is 0 Å². The predicted molar refractivity (Wildman–Crippen MR) is 78.3 cm³/mol. The Bertz CT molecular complexity index is 565. The molecule has 0 amide bonds. The number of likely N-dealkylation sites (tertiary alicyclic amines) is 1. The van der Waals surface area contributed by atoms with Crippen LogP contribution in [0.1, 0.15) is 38.3 Å². The molecule has 0 saturated carbocycles. The van der Waals surface area contributed by atoms with Crippen molar-refractivity contribution in [2.75, 3.05) is 18.8 Å². The van der Waals surface area contributed by atoms with E-state index in [0.29, 0.717) is 12.0 Å². The molecular weight excluding hydrogens is 236 g/mol. The van der Waals surface area contributed by atoms with Gasteiger partial charge in [0.2, 0.25) is 0 Å². The molecule has 1 aliphatic heterocycles. The first kappa shape index (κ1) is 12.5. The molecule has 0 aliphatic carbocycles. The van der Waals surface area contributed by atoms with Gasteiger partial charge >= 0.3 is 0 Å². The van der Waals surface area contributed by atoms with E-state index in [0.717, 1.165) is 11.3 Å². The van der Waals surface area contributed by atoms with Crippen molar-refractivity contribution in [3.8, 4) is 0 Å². The van der Waals surface area contributed by atoms with Gasteiger partial charge in [0.05, 0.1) is 5.69 Å². The van der Waals surface area contributed by atoms with E-state index in [-0.39, 0.29) is 0 Å². The van der Waals surface area contributed by atoms with E-state index in [4.69, 9.17) is 10.7 Å². The summed E-state index contributed by atoms with van der Waals surface area (Å²) in [6.45, 7) is 6.90. The standard InChI is InChI=1S/C15H22N4/c1-11(2)18-7-5-12(6-8-18)14-10-19-9-13(16)3-4-15(19)17-14/h3-4,9-12H,5-8,16H2,1-2H3. The molecule has 2 aromatic heterocycles. The van der Waals surface area contributed by atoms with Crippen LogP contribution in [0.4, 0.5) is 5.69 Å². The average molecular weight is 258 g/mol. The minimum absolute atomic E-state index is 0.594. The topological polar surface area (TPSA) is 46.6 Å². The monoisotopic (exact) mass is 258 g/mol. The van der Waals surface area contributed by atoms with E-state index in [1.165, 1.54) is 31.6 Å². The lowest BCUT2D eigenvalue weighted by Crippen LogP contribution is -2.37. The molecule has 102 valence electrons. The van der Waals surface area contributed by atoms with Crippen LogP contribution in [0, 0.1) is 0 Å². The summed E-state index contributed by atoms with van der Waals surface area (Å²) >= 11 is 0. The highest BCUT2D eigenvalue weighted by Crippen LogP contribution is 2.28. The van der Waals surface area contributed by atoms with E-state index >= 15 is 0 Å². The molecule has 19 heavy (non-hydrogen) atoms. The van der Waals surface area contributed by atoms with Crippen LogP contribution in [-0.2, 0) is 0 Å². The smallest absolute Gasteiger partial charge is 0.137 e. The van der Waals surface area contributed by atoms with Crippen molar-refractivity contribution in [1.82, 2.24) is 14.3 Å². The van der Waals surface area contributed by atoms with Gasteiger partial charge in [-0.25, -0.2) is 4.98 Å². The molecule has 1 saturated heterocycles. The SMILES string of the molecule is CC(C)N1CCC(c2cn3cc(N)ccc3n2)CC1. The van der Waals surface area contributed by atoms with Crippen molar-refractivity contribution in [1.29, 1.82) is 0 Å². The highest BCUT2D eigenvalue weighted by atomic mass is 15.1. The van der Waals surface area contributed by atoms with Crippen molar-refractivity contribution in [2.45, 2.75) is 38.6 Å². The molecule has 0 bridgehead atoms. The molecule has 0 aromatic carbocycles. The Kier molecular flexibility index (Phi) is 3.19. The van der Waals surface area contributed by atoms with E-state index in [1.54, 1.807) is 0 Å². The van der Waals surface area contributed by atoms with Crippen LogP contribution in [0.3, 0.4) is 0 Å². The molecule has 1 aliphatic rings. The third kappa shape index (κ3) is 2.45. The highest BCUT2D eigenvalue weighted by Gasteiger charge is 2.23. The van der Waals surface area contributed by atoms with Crippen LogP contribution in [0.25, 0.3) is 5.65 Å². The fourth-order valence-corrected chi connectivity index (χ4v) is 2.94. The van der Waals surface area contributed by atoms with Crippen LogP contribution in [-0.4, -0.2) is 33.4 Å². The normalized spacial score (nSPS) is 18.5. The predicted octanol–water partition coefficient (Wildman–Crippen LogP) is 2.50. The van der Waals surface area contributed by atoms with E-state index in [1.807, 2.05) is 22.7 Å². The van der Waals surface area contributed by atoms with Gasteiger partial charge in [0.25, 0.3) is 0 Å². The van der Waals surface area contributed by atoms with Gasteiger partial charge < -0.3 is 15.0 Å². The fourth-order valence-electron chi connectivity index (χ4n) is 2.94. The Morgan fingerprint density at radius 3 is 2.63 bits per heavy atom. The molecular formula is C15H22N4. The zero-order chi connectivity index (χ0) is 13.4. The number of nitrogen functional groups attached to an aromatic ring is 1. The number of aromatic nitrogens is 2. The number of rotatable bonds is 2. The lowest BCUT2D eigenvalue weighted by Gasteiger charge is -2.33. The number of fused-ring (bicyclic) bond motifs is 1. The average Bonchev–Trinajstić information content (AvgIpc) is 2.81. The minimum Gasteiger partial charge on any atom is -0.398 e. The first-order chi connectivity index (χ1) is 9.13. The molecule has 4 heteroatoms. The Balaban J connectivity index is 1.78. The van der Waals surface area contributed by atoms with Crippen LogP contribution in [0.2, 0.25) is 0 Å². The van der Waals surface area contributed by atoms with Gasteiger partial charge in [0.15, 0.2) is 0 Å². The molecule has 0 spiro atoms. The number of nitrogens with zero attached hydrogens (tertiary/aromatic N) is 3. The zero-order valence-electron chi connectivity index (χ0n) is 11.7. The summed E-state index contributed by atoms with van der Waals surface area (Å²) in [5.41, 5.74) is 8.80. The second kappa shape index (κ2) is 4.85. The minimum atomic E-state index is 0.594. The van der Waals surface area contributed by atoms with Crippen molar-refractivity contribution < 1.29 is 0 Å². The van der Waals surface area contributed by atoms with Crippen LogP contribution in [0.15, 0.2) is 24.5 Å². The summed E-state index contributed by atoms with van der Waals surface area (Å²) in [6.07, 6.45) is 6.49. The number of nitrogens with two attached hydrogens (primary N) is 1. The van der Waals surface area contributed by atoms with Gasteiger partial charge in [-0.1, -0.05) is 0 Å². The summed E-state index contributed by atoms with van der Waals surface area (Å²) < 4.78 is 2.04. The van der Waals surface area contributed by atoms with E-state index < -0.39 is 0 Å². The molecule has 1 fully saturated rings. The lowest BCUT2D eigenvalue weighted by molar-refractivity contribution is 0.171. The van der Waals surface area contributed by atoms with Gasteiger partial charge in [-0.3, -0.25) is 0 Å². The van der Waals surface area contributed by atoms with Gasteiger partial charge in [-0.05, 0) is 51.9 Å². The van der Waals surface area contributed by atoms with E-state index in [2.05, 4.69) is 24.9 Å². The molecule has 2 aromatic rings. The Labute approximate surface area is 114 Å². The third-order valence-electron chi connectivity index (χ3n) is 4.17. The Morgan fingerprint density at radius 1 is 1.21 bits per heavy atom. The molecule has 0 atom stereocenters. The second-order valence-electron chi connectivity index (χ2n) is 5.80. The second-order valence-corrected chi connectivity index (χ2v) is 5.80. The first-order valence-corrected chi connectivity index (χ1v) is 7.11. The summed E-state index contributed by atoms with van der Waals surface area (Å²) in [4.78, 5) is 7.28. The number of hydrogen-bond donors (Lipinski definition) is 1. The maximum Gasteiger partial charge on any atom is 0.137 e. The Morgan fingerprint density at radius 2 is 1.95 bits per heavy atom. The van der Waals surface area contributed by atoms with Gasteiger partial charge in [0.1, 0.15) is 5.65 Å². The number of anilines is 1. The number of pyridine rings is 1. The quantitative estimate of drug-likeness (QED) is 0.900. The van der Waals surface area contributed by atoms with Crippen molar-refractivity contribution in [2.24, 2.45) is 0 Å². The number of hydrogen-bond acceptors (Lipinski definition) is 3. The molecule has 3 heterocycles. The van der Waals surface area contributed by atoms with Gasteiger partial charge in [0, 0.05) is 30.0 Å². The maximum absolute atomic E-state index is 5.81. The maximum atomic E-state index is 5.81. The molecule has 2 N–H and O–H groups in total. The number of piperidine rings is 1. The van der Waals surface area contributed by atoms with Crippen molar-refractivity contribution >= 4 is 11.3 Å². The summed E-state index contributed by atoms with van der Waals surface area (Å²) in [5, 5.41) is 0. The fraction of sp³-hybridized carbons (Fsp3) is 0.533. The first-order valence-electron chi connectivity index (χ1n) is 7.11. The van der Waals surface area contributed by atoms with Crippen molar-refractivity contribution in [3.05, 3.63) is 30.2 Å². The summed E-state index contributed by atoms with van der Waals surface area (Å²) in [5.74, 6) is 0.594. The largest absolute Gasteiger partial charge is 0.398 e. The molecule has 0 unspecified atom stereocenters. The van der Waals surface area contributed by atoms with Crippen molar-refractivity contribution in [3.63, 3.8) is 0 Å². The molecule has 3 rings (SSSR count). The summed E-state index contributed by atoms with van der Waals surface area (Å²) in [7, 11) is 0. The molecule has 4 nitrogen and oxygen atoms in total. The third-order valence-corrected chi connectivity index (χ3v) is 4.17. The summed E-state index contributed by atoms with van der Waals surface area (Å²) in [6, 6.07) is 4.55. The highest BCUT2D eigenvalue weighted by molar-refractivity contribution is 5.48. The van der Waals surface area contributed by atoms with E-state index in [9.17, 15) is 0 Å². The van der Waals surface area contributed by atoms with Crippen LogP contribution >= 0.6 is 0 Å². The lowest BCUT2D eigenvalue weighted by atomic mass is 9.93. The Hall–Kier alpha value is -1.55. The van der Waals surface area contributed by atoms with Crippen LogP contribution < -0.4 is 5.73 Å². The van der Waals surface area contributed by atoms with Gasteiger partial charge in [-0.2, -0.15) is 0 Å². The number of imidazole rings is 1. The zero-order valence-corrected chi connectivity index (χ0v) is 11.7. The van der Waals surface area contributed by atoms with Crippen LogP contribution in [0.5, 0.6) is 0 Å². The molecule has 0 radical (unpaired) electrons.